The zero-order valence-electron chi connectivity index (χ0n) is 15.1. The van der Waals surface area contributed by atoms with Crippen LogP contribution in [0.3, 0.4) is 0 Å². The number of aryl methyl sites for hydroxylation is 1. The summed E-state index contributed by atoms with van der Waals surface area (Å²) in [5.41, 5.74) is 2.05. The first-order valence-corrected chi connectivity index (χ1v) is 8.08. The van der Waals surface area contributed by atoms with Crippen LogP contribution >= 0.6 is 0 Å². The number of amides is 2. The Hall–Kier alpha value is -3.69. The molecule has 27 heavy (non-hydrogen) atoms. The Kier molecular flexibility index (Phi) is 5.45. The van der Waals surface area contributed by atoms with E-state index >= 15 is 0 Å². The lowest BCUT2D eigenvalue weighted by Gasteiger charge is -2.12. The first-order chi connectivity index (χ1) is 13.1. The van der Waals surface area contributed by atoms with Gasteiger partial charge < -0.3 is 20.1 Å². The van der Waals surface area contributed by atoms with Crippen LogP contribution in [-0.4, -0.2) is 45.4 Å². The molecule has 0 unspecified atom stereocenters. The molecule has 2 amide bonds. The predicted octanol–water partition coefficient (Wildman–Crippen LogP) is 1.70. The third kappa shape index (κ3) is 4.29. The quantitative estimate of drug-likeness (QED) is 0.679. The molecule has 1 aromatic carbocycles. The van der Waals surface area contributed by atoms with Crippen LogP contribution in [0.25, 0.3) is 5.69 Å². The van der Waals surface area contributed by atoms with E-state index in [9.17, 15) is 4.79 Å². The number of pyridine rings is 1. The second-order valence-electron chi connectivity index (χ2n) is 5.54. The second-order valence-corrected chi connectivity index (χ2v) is 5.54. The minimum Gasteiger partial charge on any atom is -0.494 e. The molecule has 2 aromatic heterocycles. The number of aromatic nitrogens is 5. The number of anilines is 1. The van der Waals surface area contributed by atoms with Gasteiger partial charge in [0, 0.05) is 24.5 Å². The van der Waals surface area contributed by atoms with Crippen molar-refractivity contribution in [2.24, 2.45) is 0 Å². The third-order valence-corrected chi connectivity index (χ3v) is 3.75. The van der Waals surface area contributed by atoms with Gasteiger partial charge in [-0.3, -0.25) is 0 Å². The summed E-state index contributed by atoms with van der Waals surface area (Å²) in [5.74, 6) is 1.70. The molecule has 140 valence electrons. The van der Waals surface area contributed by atoms with Gasteiger partial charge in [0.2, 0.25) is 5.88 Å². The van der Waals surface area contributed by atoms with E-state index in [4.69, 9.17) is 9.47 Å². The van der Waals surface area contributed by atoms with Crippen molar-refractivity contribution in [1.82, 2.24) is 30.5 Å². The molecule has 0 aliphatic carbocycles. The molecule has 0 bridgehead atoms. The number of carbonyl (C=O) groups excluding carboxylic acids is 1. The van der Waals surface area contributed by atoms with E-state index in [1.54, 1.807) is 51.6 Å². The predicted molar refractivity (Wildman–Crippen MR) is 97.1 cm³/mol. The summed E-state index contributed by atoms with van der Waals surface area (Å²) in [6.07, 6.45) is 1.64. The molecule has 0 saturated carbocycles. The number of tetrazole rings is 1. The summed E-state index contributed by atoms with van der Waals surface area (Å²) < 4.78 is 11.9. The van der Waals surface area contributed by atoms with Crippen molar-refractivity contribution in [3.8, 4) is 17.3 Å². The first-order valence-electron chi connectivity index (χ1n) is 8.08. The van der Waals surface area contributed by atoms with Crippen molar-refractivity contribution < 1.29 is 14.3 Å². The minimum atomic E-state index is -0.352. The van der Waals surface area contributed by atoms with Crippen LogP contribution in [0.1, 0.15) is 11.4 Å². The molecular weight excluding hydrogens is 350 g/mol. The highest BCUT2D eigenvalue weighted by molar-refractivity contribution is 5.89. The van der Waals surface area contributed by atoms with Crippen molar-refractivity contribution in [3.63, 3.8) is 0 Å². The average Bonchev–Trinajstić information content (AvgIpc) is 3.12. The number of hydrogen-bond acceptors (Lipinski definition) is 7. The lowest BCUT2D eigenvalue weighted by atomic mass is 10.2. The molecule has 0 aliphatic rings. The van der Waals surface area contributed by atoms with Crippen LogP contribution in [-0.2, 0) is 6.54 Å². The summed E-state index contributed by atoms with van der Waals surface area (Å²) >= 11 is 0. The fourth-order valence-electron chi connectivity index (χ4n) is 2.38. The zero-order valence-corrected chi connectivity index (χ0v) is 15.1. The van der Waals surface area contributed by atoms with Gasteiger partial charge in [0.15, 0.2) is 5.82 Å². The normalized spacial score (nSPS) is 10.3. The number of hydrogen-bond donors (Lipinski definition) is 2. The maximum absolute atomic E-state index is 12.2. The monoisotopic (exact) mass is 369 g/mol. The molecule has 0 aliphatic heterocycles. The Morgan fingerprint density at radius 3 is 2.67 bits per heavy atom. The van der Waals surface area contributed by atoms with Crippen LogP contribution in [0, 0.1) is 6.92 Å². The molecule has 0 radical (unpaired) electrons. The number of nitrogens with one attached hydrogen (secondary N) is 2. The van der Waals surface area contributed by atoms with Crippen molar-refractivity contribution in [3.05, 3.63) is 47.9 Å². The number of benzene rings is 1. The molecule has 0 spiro atoms. The van der Waals surface area contributed by atoms with Gasteiger partial charge in [0.05, 0.1) is 14.2 Å². The van der Waals surface area contributed by atoms with Crippen molar-refractivity contribution in [2.75, 3.05) is 19.5 Å². The Morgan fingerprint density at radius 2 is 2.04 bits per heavy atom. The number of methoxy groups -OCH3 is 2. The molecule has 3 rings (SSSR count). The third-order valence-electron chi connectivity index (χ3n) is 3.75. The van der Waals surface area contributed by atoms with E-state index in [-0.39, 0.29) is 6.03 Å². The van der Waals surface area contributed by atoms with Crippen molar-refractivity contribution in [2.45, 2.75) is 13.5 Å². The van der Waals surface area contributed by atoms with Crippen LogP contribution in [0.4, 0.5) is 10.5 Å². The maximum atomic E-state index is 12.2. The summed E-state index contributed by atoms with van der Waals surface area (Å²) in [7, 11) is 3.11. The minimum absolute atomic E-state index is 0.331. The first kappa shape index (κ1) is 18.1. The lowest BCUT2D eigenvalue weighted by molar-refractivity contribution is 0.251. The number of ether oxygens (including phenoxy) is 2. The Balaban J connectivity index is 1.67. The molecule has 3 aromatic rings. The molecule has 10 heteroatoms. The molecule has 0 saturated heterocycles. The van der Waals surface area contributed by atoms with Gasteiger partial charge in [-0.15, -0.1) is 5.10 Å². The molecule has 0 fully saturated rings. The van der Waals surface area contributed by atoms with Gasteiger partial charge in [-0.05, 0) is 41.1 Å². The van der Waals surface area contributed by atoms with Gasteiger partial charge in [0.1, 0.15) is 11.4 Å². The SMILES string of the molecule is COc1ccc(CNC(=O)Nc2ccc(OC)c(-n3nnnc3C)c2)cn1. The lowest BCUT2D eigenvalue weighted by Crippen LogP contribution is -2.28. The Labute approximate surface area is 155 Å². The highest BCUT2D eigenvalue weighted by Gasteiger charge is 2.12. The molecule has 0 atom stereocenters. The highest BCUT2D eigenvalue weighted by atomic mass is 16.5. The summed E-state index contributed by atoms with van der Waals surface area (Å²) in [5, 5.41) is 17.0. The van der Waals surface area contributed by atoms with E-state index in [2.05, 4.69) is 31.1 Å². The largest absolute Gasteiger partial charge is 0.494 e. The molecule has 10 nitrogen and oxygen atoms in total. The zero-order chi connectivity index (χ0) is 19.2. The summed E-state index contributed by atoms with van der Waals surface area (Å²) in [6, 6.07) is 8.42. The molecule has 2 heterocycles. The van der Waals surface area contributed by atoms with Gasteiger partial charge in [-0.1, -0.05) is 6.07 Å². The van der Waals surface area contributed by atoms with Crippen LogP contribution < -0.4 is 20.1 Å². The number of rotatable bonds is 6. The second kappa shape index (κ2) is 8.13. The maximum Gasteiger partial charge on any atom is 0.319 e. The number of nitrogens with zero attached hydrogens (tertiary/aromatic N) is 5. The molecular formula is C17H19N7O3. The summed E-state index contributed by atoms with van der Waals surface area (Å²) in [6.45, 7) is 2.10. The average molecular weight is 369 g/mol. The van der Waals surface area contributed by atoms with Gasteiger partial charge in [0.25, 0.3) is 0 Å². The van der Waals surface area contributed by atoms with E-state index in [1.165, 1.54) is 4.68 Å². The fraction of sp³-hybridized carbons (Fsp3) is 0.235. The molecule has 2 N–H and O–H groups in total. The number of urea groups is 1. The topological polar surface area (TPSA) is 116 Å². The highest BCUT2D eigenvalue weighted by Crippen LogP contribution is 2.26. The fourth-order valence-corrected chi connectivity index (χ4v) is 2.38. The van der Waals surface area contributed by atoms with Gasteiger partial charge in [-0.2, -0.15) is 4.68 Å². The van der Waals surface area contributed by atoms with Gasteiger partial charge in [-0.25, -0.2) is 9.78 Å². The van der Waals surface area contributed by atoms with Gasteiger partial charge >= 0.3 is 6.03 Å². The van der Waals surface area contributed by atoms with Crippen molar-refractivity contribution >= 4 is 11.7 Å². The smallest absolute Gasteiger partial charge is 0.319 e. The van der Waals surface area contributed by atoms with Crippen LogP contribution in [0.5, 0.6) is 11.6 Å². The standard InChI is InChI=1S/C17H19N7O3/c1-11-21-22-23-24(11)14-8-13(5-6-15(14)26-2)20-17(25)19-10-12-4-7-16(27-3)18-9-12/h4-9H,10H2,1-3H3,(H2,19,20,25). The number of carbonyl (C=O) groups is 1. The van der Waals surface area contributed by atoms with E-state index in [0.717, 1.165) is 5.56 Å². The van der Waals surface area contributed by atoms with E-state index < -0.39 is 0 Å². The van der Waals surface area contributed by atoms with E-state index in [1.807, 2.05) is 6.07 Å². The van der Waals surface area contributed by atoms with Crippen molar-refractivity contribution in [1.29, 1.82) is 0 Å². The Bertz CT molecular complexity index is 925. The summed E-state index contributed by atoms with van der Waals surface area (Å²) in [4.78, 5) is 16.3. The van der Waals surface area contributed by atoms with E-state index in [0.29, 0.717) is 35.4 Å². The Morgan fingerprint density at radius 1 is 1.19 bits per heavy atom. The van der Waals surface area contributed by atoms with Crippen LogP contribution in [0.2, 0.25) is 0 Å². The van der Waals surface area contributed by atoms with Crippen LogP contribution in [0.15, 0.2) is 36.5 Å².